The van der Waals surface area contributed by atoms with E-state index in [0.717, 1.165) is 23.3 Å². The van der Waals surface area contributed by atoms with Gasteiger partial charge in [0.1, 0.15) is 11.5 Å². The normalized spacial score (nSPS) is 18.7. The van der Waals surface area contributed by atoms with Crippen LogP contribution >= 0.6 is 11.3 Å². The van der Waals surface area contributed by atoms with Gasteiger partial charge in [-0.1, -0.05) is 26.0 Å². The third kappa shape index (κ3) is 3.69. The lowest BCUT2D eigenvalue weighted by Gasteiger charge is -2.24. The first-order valence-electron chi connectivity index (χ1n) is 9.55. The molecule has 1 unspecified atom stereocenters. The zero-order chi connectivity index (χ0) is 20.3. The van der Waals surface area contributed by atoms with Crippen molar-refractivity contribution in [2.24, 2.45) is 0 Å². The summed E-state index contributed by atoms with van der Waals surface area (Å²) in [6, 6.07) is 8.41. The van der Waals surface area contributed by atoms with Crippen LogP contribution in [0.1, 0.15) is 48.7 Å². The Morgan fingerprint density at radius 2 is 2.00 bits per heavy atom. The standard InChI is InChI=1S/C22H25NO4S/c1-4-10-23-18(21-14(3)9-12-28-21)17(20(25)22(23)26)19(24)15-7-6-8-16(13-15)27-11-5-2/h6-9,12-13,18,24H,4-5,10-11H2,1-3H3/b19-17-. The molecule has 2 aromatic rings. The van der Waals surface area contributed by atoms with Crippen LogP contribution in [-0.2, 0) is 9.59 Å². The van der Waals surface area contributed by atoms with Crippen LogP contribution in [0, 0.1) is 6.92 Å². The maximum absolute atomic E-state index is 12.8. The molecule has 5 nitrogen and oxygen atoms in total. The lowest BCUT2D eigenvalue weighted by Crippen LogP contribution is -2.30. The Morgan fingerprint density at radius 1 is 1.21 bits per heavy atom. The van der Waals surface area contributed by atoms with Gasteiger partial charge in [-0.05, 0) is 48.9 Å². The molecule has 3 rings (SSSR count). The SMILES string of the molecule is CCCOc1cccc(/C(O)=C2/C(=O)C(=O)N(CCC)C2c2sccc2C)c1. The summed E-state index contributed by atoms with van der Waals surface area (Å²) in [5.74, 6) is -0.725. The van der Waals surface area contributed by atoms with E-state index in [2.05, 4.69) is 0 Å². The molecule has 6 heteroatoms. The van der Waals surface area contributed by atoms with Crippen LogP contribution in [-0.4, -0.2) is 34.8 Å². The van der Waals surface area contributed by atoms with E-state index < -0.39 is 17.7 Å². The van der Waals surface area contributed by atoms with Crippen LogP contribution in [0.15, 0.2) is 41.3 Å². The van der Waals surface area contributed by atoms with Gasteiger partial charge in [0.2, 0.25) is 0 Å². The van der Waals surface area contributed by atoms with Crippen LogP contribution in [0.5, 0.6) is 5.75 Å². The molecule has 1 aliphatic rings. The topological polar surface area (TPSA) is 66.8 Å². The van der Waals surface area contributed by atoms with Gasteiger partial charge in [0, 0.05) is 17.0 Å². The van der Waals surface area contributed by atoms with Crippen molar-refractivity contribution in [3.63, 3.8) is 0 Å². The highest BCUT2D eigenvalue weighted by molar-refractivity contribution is 7.10. The molecule has 0 saturated carbocycles. The molecule has 1 saturated heterocycles. The van der Waals surface area contributed by atoms with Gasteiger partial charge in [0.25, 0.3) is 11.7 Å². The molecule has 1 N–H and O–H groups in total. The molecular weight excluding hydrogens is 374 g/mol. The molecule has 148 valence electrons. The Bertz CT molecular complexity index is 915. The number of aliphatic hydroxyl groups is 1. The van der Waals surface area contributed by atoms with Gasteiger partial charge in [0.05, 0.1) is 18.2 Å². The maximum atomic E-state index is 12.8. The van der Waals surface area contributed by atoms with Crippen molar-refractivity contribution in [3.8, 4) is 5.75 Å². The predicted molar refractivity (Wildman–Crippen MR) is 111 cm³/mol. The first-order valence-corrected chi connectivity index (χ1v) is 10.4. The first-order chi connectivity index (χ1) is 13.5. The minimum Gasteiger partial charge on any atom is -0.507 e. The number of ketones is 1. The number of amides is 1. The van der Waals surface area contributed by atoms with Gasteiger partial charge in [-0.25, -0.2) is 0 Å². The molecule has 1 atom stereocenters. The summed E-state index contributed by atoms with van der Waals surface area (Å²) >= 11 is 1.50. The van der Waals surface area contributed by atoms with Crippen molar-refractivity contribution in [1.29, 1.82) is 0 Å². The molecule has 0 spiro atoms. The molecule has 0 aliphatic carbocycles. The second-order valence-corrected chi connectivity index (χ2v) is 7.78. The summed E-state index contributed by atoms with van der Waals surface area (Å²) < 4.78 is 5.64. The summed E-state index contributed by atoms with van der Waals surface area (Å²) in [7, 11) is 0. The number of benzene rings is 1. The van der Waals surface area contributed by atoms with E-state index in [1.54, 1.807) is 23.1 Å². The molecular formula is C22H25NO4S. The van der Waals surface area contributed by atoms with E-state index in [0.29, 0.717) is 24.5 Å². The second kappa shape index (κ2) is 8.61. The van der Waals surface area contributed by atoms with E-state index in [-0.39, 0.29) is 11.3 Å². The van der Waals surface area contributed by atoms with E-state index in [9.17, 15) is 14.7 Å². The van der Waals surface area contributed by atoms with Crippen molar-refractivity contribution in [2.75, 3.05) is 13.2 Å². The van der Waals surface area contributed by atoms with Gasteiger partial charge >= 0.3 is 0 Å². The fraction of sp³-hybridized carbons (Fsp3) is 0.364. The van der Waals surface area contributed by atoms with E-state index in [4.69, 9.17) is 4.74 Å². The molecule has 1 aromatic carbocycles. The Balaban J connectivity index is 2.11. The van der Waals surface area contributed by atoms with Crippen molar-refractivity contribution in [1.82, 2.24) is 4.90 Å². The molecule has 2 heterocycles. The third-order valence-electron chi connectivity index (χ3n) is 4.73. The van der Waals surface area contributed by atoms with Crippen molar-refractivity contribution in [2.45, 2.75) is 39.7 Å². The van der Waals surface area contributed by atoms with Gasteiger partial charge in [-0.2, -0.15) is 0 Å². The van der Waals surface area contributed by atoms with Crippen LogP contribution in [0.4, 0.5) is 0 Å². The fourth-order valence-corrected chi connectivity index (χ4v) is 4.44. The molecule has 0 radical (unpaired) electrons. The number of hydrogen-bond acceptors (Lipinski definition) is 5. The zero-order valence-corrected chi connectivity index (χ0v) is 17.2. The zero-order valence-electron chi connectivity index (χ0n) is 16.4. The number of ether oxygens (including phenoxy) is 1. The molecule has 28 heavy (non-hydrogen) atoms. The van der Waals surface area contributed by atoms with E-state index in [1.165, 1.54) is 11.3 Å². The van der Waals surface area contributed by atoms with Gasteiger partial charge in [0.15, 0.2) is 0 Å². The number of carbonyl (C=O) groups excluding carboxylic acids is 2. The lowest BCUT2D eigenvalue weighted by molar-refractivity contribution is -0.139. The van der Waals surface area contributed by atoms with Crippen molar-refractivity contribution < 1.29 is 19.4 Å². The Labute approximate surface area is 169 Å². The third-order valence-corrected chi connectivity index (χ3v) is 5.81. The fourth-order valence-electron chi connectivity index (χ4n) is 3.40. The average Bonchev–Trinajstić information content (AvgIpc) is 3.22. The number of carbonyl (C=O) groups is 2. The Morgan fingerprint density at radius 3 is 2.64 bits per heavy atom. The van der Waals surface area contributed by atoms with Crippen molar-refractivity contribution >= 4 is 28.8 Å². The lowest BCUT2D eigenvalue weighted by atomic mass is 9.98. The highest BCUT2D eigenvalue weighted by atomic mass is 32.1. The molecule has 1 fully saturated rings. The van der Waals surface area contributed by atoms with Crippen LogP contribution in [0.2, 0.25) is 0 Å². The number of thiophene rings is 1. The summed E-state index contributed by atoms with van der Waals surface area (Å²) in [6.45, 7) is 6.97. The van der Waals surface area contributed by atoms with Gasteiger partial charge in [-0.3, -0.25) is 9.59 Å². The average molecular weight is 400 g/mol. The Hall–Kier alpha value is -2.60. The largest absolute Gasteiger partial charge is 0.507 e. The summed E-state index contributed by atoms with van der Waals surface area (Å²) in [5.41, 5.74) is 1.63. The van der Waals surface area contributed by atoms with E-state index >= 15 is 0 Å². The first kappa shape index (κ1) is 20.1. The number of aliphatic hydroxyl groups excluding tert-OH is 1. The number of aryl methyl sites for hydroxylation is 1. The molecule has 1 aliphatic heterocycles. The maximum Gasteiger partial charge on any atom is 0.295 e. The number of rotatable bonds is 7. The number of likely N-dealkylation sites (tertiary alicyclic amines) is 1. The van der Waals surface area contributed by atoms with Crippen LogP contribution < -0.4 is 4.74 Å². The summed E-state index contributed by atoms with van der Waals surface area (Å²) in [5, 5.41) is 13.0. The van der Waals surface area contributed by atoms with Gasteiger partial charge < -0.3 is 14.7 Å². The highest BCUT2D eigenvalue weighted by Gasteiger charge is 2.46. The monoisotopic (exact) mass is 399 g/mol. The predicted octanol–water partition coefficient (Wildman–Crippen LogP) is 4.68. The molecule has 1 amide bonds. The quantitative estimate of drug-likeness (QED) is 0.417. The number of nitrogens with zero attached hydrogens (tertiary/aromatic N) is 1. The minimum absolute atomic E-state index is 0.150. The summed E-state index contributed by atoms with van der Waals surface area (Å²) in [6.07, 6.45) is 1.60. The van der Waals surface area contributed by atoms with Gasteiger partial charge in [-0.15, -0.1) is 11.3 Å². The Kier molecular flexibility index (Phi) is 6.19. The summed E-state index contributed by atoms with van der Waals surface area (Å²) in [4.78, 5) is 28.0. The molecule has 1 aromatic heterocycles. The number of Topliss-reactive ketones (excluding diaryl/α,β-unsaturated/α-hetero) is 1. The van der Waals surface area contributed by atoms with Crippen LogP contribution in [0.3, 0.4) is 0 Å². The molecule has 0 bridgehead atoms. The number of hydrogen-bond donors (Lipinski definition) is 1. The highest BCUT2D eigenvalue weighted by Crippen LogP contribution is 2.42. The second-order valence-electron chi connectivity index (χ2n) is 6.84. The minimum atomic E-state index is -0.636. The smallest absolute Gasteiger partial charge is 0.295 e. The van der Waals surface area contributed by atoms with Crippen molar-refractivity contribution in [3.05, 3.63) is 57.3 Å². The van der Waals surface area contributed by atoms with E-state index in [1.807, 2.05) is 38.3 Å². The van der Waals surface area contributed by atoms with Crippen LogP contribution in [0.25, 0.3) is 5.76 Å².